The summed E-state index contributed by atoms with van der Waals surface area (Å²) in [5.74, 6) is 0.784. The van der Waals surface area contributed by atoms with Gasteiger partial charge in [0.15, 0.2) is 5.16 Å². The fourth-order valence-electron chi connectivity index (χ4n) is 1.71. The maximum atomic E-state index is 5.92. The lowest BCUT2D eigenvalue weighted by Crippen LogP contribution is -2.35. The highest BCUT2D eigenvalue weighted by Gasteiger charge is 2.11. The largest absolute Gasteiger partial charge is 0.303 e. The predicted octanol–water partition coefficient (Wildman–Crippen LogP) is 2.66. The summed E-state index contributed by atoms with van der Waals surface area (Å²) in [6, 6.07) is 1.76. The Balaban J connectivity index is 2.04. The molecule has 0 unspecified atom stereocenters. The molecule has 1 aliphatic rings. The van der Waals surface area contributed by atoms with Crippen LogP contribution in [-0.4, -0.2) is 34.3 Å². The number of halogens is 1. The van der Waals surface area contributed by atoms with Crippen LogP contribution in [0.4, 0.5) is 5.82 Å². The summed E-state index contributed by atoms with van der Waals surface area (Å²) in [6.07, 6.45) is 5.73. The van der Waals surface area contributed by atoms with Crippen LogP contribution in [0, 0.1) is 0 Å². The Morgan fingerprint density at radius 2 is 2.06 bits per heavy atom. The average Bonchev–Trinajstić information content (AvgIpc) is 2.29. The fourth-order valence-corrected chi connectivity index (χ4v) is 2.33. The Bertz CT molecular complexity index is 355. The molecule has 1 aromatic heterocycles. The van der Waals surface area contributed by atoms with Crippen LogP contribution in [0.25, 0.3) is 0 Å². The summed E-state index contributed by atoms with van der Waals surface area (Å²) in [4.78, 5) is 8.46. The lowest BCUT2D eigenvalue weighted by atomic mass is 10.2. The number of hydrazine groups is 1. The minimum Gasteiger partial charge on any atom is -0.303 e. The van der Waals surface area contributed by atoms with Crippen molar-refractivity contribution in [2.24, 2.45) is 0 Å². The normalized spacial score (nSPS) is 17.4. The van der Waals surface area contributed by atoms with Crippen LogP contribution < -0.4 is 5.43 Å². The van der Waals surface area contributed by atoms with Gasteiger partial charge in [0.25, 0.3) is 0 Å². The van der Waals surface area contributed by atoms with Gasteiger partial charge in [0.2, 0.25) is 0 Å². The van der Waals surface area contributed by atoms with Gasteiger partial charge in [0.05, 0.1) is 0 Å². The summed E-state index contributed by atoms with van der Waals surface area (Å²) in [5, 5.41) is 3.37. The van der Waals surface area contributed by atoms with E-state index >= 15 is 0 Å². The lowest BCUT2D eigenvalue weighted by Gasteiger charge is -2.27. The zero-order valence-corrected chi connectivity index (χ0v) is 10.8. The Kier molecular flexibility index (Phi) is 4.26. The van der Waals surface area contributed by atoms with E-state index in [0.29, 0.717) is 10.3 Å². The van der Waals surface area contributed by atoms with Crippen molar-refractivity contribution in [1.82, 2.24) is 15.0 Å². The molecule has 0 bridgehead atoms. The van der Waals surface area contributed by atoms with E-state index in [4.69, 9.17) is 11.6 Å². The second kappa shape index (κ2) is 5.70. The molecule has 0 atom stereocenters. The lowest BCUT2D eigenvalue weighted by molar-refractivity contribution is 0.272. The molecule has 2 heterocycles. The molecule has 0 aliphatic carbocycles. The van der Waals surface area contributed by atoms with Gasteiger partial charge in [-0.1, -0.05) is 29.8 Å². The molecule has 0 spiro atoms. The third kappa shape index (κ3) is 3.23. The number of hydrogen-bond donors (Lipinski definition) is 1. The van der Waals surface area contributed by atoms with Crippen molar-refractivity contribution < 1.29 is 0 Å². The number of rotatable bonds is 3. The molecule has 6 heteroatoms. The minimum atomic E-state index is 0.485. The SMILES string of the molecule is CSc1nc(Cl)cc(NN2CCCCC2)n1. The van der Waals surface area contributed by atoms with Gasteiger partial charge in [-0.2, -0.15) is 0 Å². The molecule has 4 nitrogen and oxygen atoms in total. The van der Waals surface area contributed by atoms with Crippen LogP contribution in [0.15, 0.2) is 11.2 Å². The first kappa shape index (κ1) is 12.0. The molecule has 88 valence electrons. The predicted molar refractivity (Wildman–Crippen MR) is 67.9 cm³/mol. The smallest absolute Gasteiger partial charge is 0.190 e. The number of piperidine rings is 1. The molecule has 1 fully saturated rings. The Morgan fingerprint density at radius 1 is 1.31 bits per heavy atom. The molecule has 0 amide bonds. The van der Waals surface area contributed by atoms with Crippen molar-refractivity contribution in [3.8, 4) is 0 Å². The van der Waals surface area contributed by atoms with Crippen molar-refractivity contribution in [2.45, 2.75) is 24.4 Å². The maximum absolute atomic E-state index is 5.92. The first-order valence-corrected chi connectivity index (χ1v) is 6.98. The quantitative estimate of drug-likeness (QED) is 0.513. The zero-order chi connectivity index (χ0) is 11.4. The average molecular weight is 259 g/mol. The first-order valence-electron chi connectivity index (χ1n) is 5.38. The Labute approximate surface area is 105 Å². The van der Waals surface area contributed by atoms with Gasteiger partial charge in [-0.25, -0.2) is 15.0 Å². The highest BCUT2D eigenvalue weighted by molar-refractivity contribution is 7.98. The molecule has 0 saturated carbocycles. The van der Waals surface area contributed by atoms with E-state index in [1.54, 1.807) is 6.07 Å². The van der Waals surface area contributed by atoms with Crippen molar-refractivity contribution in [1.29, 1.82) is 0 Å². The van der Waals surface area contributed by atoms with E-state index in [-0.39, 0.29) is 0 Å². The van der Waals surface area contributed by atoms with Crippen molar-refractivity contribution in [3.63, 3.8) is 0 Å². The van der Waals surface area contributed by atoms with Crippen LogP contribution in [0.5, 0.6) is 0 Å². The molecule has 1 saturated heterocycles. The second-order valence-electron chi connectivity index (χ2n) is 3.72. The minimum absolute atomic E-state index is 0.485. The van der Waals surface area contributed by atoms with Crippen molar-refractivity contribution >= 4 is 29.2 Å². The van der Waals surface area contributed by atoms with E-state index in [1.807, 2.05) is 6.26 Å². The highest BCUT2D eigenvalue weighted by Crippen LogP contribution is 2.18. The summed E-state index contributed by atoms with van der Waals surface area (Å²) < 4.78 is 0. The van der Waals surface area contributed by atoms with Crippen molar-refractivity contribution in [3.05, 3.63) is 11.2 Å². The van der Waals surface area contributed by atoms with Gasteiger partial charge < -0.3 is 5.43 Å². The standard InChI is InChI=1S/C10H15ClN4S/c1-16-10-12-8(11)7-9(13-10)14-15-5-3-2-4-6-15/h7H,2-6H2,1H3,(H,12,13,14). The van der Waals surface area contributed by atoms with Gasteiger partial charge in [-0.15, -0.1) is 0 Å². The van der Waals surface area contributed by atoms with Crippen molar-refractivity contribution in [2.75, 3.05) is 24.8 Å². The van der Waals surface area contributed by atoms with Crippen LogP contribution in [-0.2, 0) is 0 Å². The Hall–Kier alpha value is -0.520. The van der Waals surface area contributed by atoms with E-state index < -0.39 is 0 Å². The topological polar surface area (TPSA) is 41.1 Å². The molecule has 1 aromatic rings. The van der Waals surface area contributed by atoms with E-state index in [9.17, 15) is 0 Å². The molecule has 16 heavy (non-hydrogen) atoms. The van der Waals surface area contributed by atoms with Gasteiger partial charge in [0.1, 0.15) is 11.0 Å². The second-order valence-corrected chi connectivity index (χ2v) is 4.88. The molecular weight excluding hydrogens is 244 g/mol. The Morgan fingerprint density at radius 3 is 2.75 bits per heavy atom. The number of nitrogens with zero attached hydrogens (tertiary/aromatic N) is 3. The fraction of sp³-hybridized carbons (Fsp3) is 0.600. The first-order chi connectivity index (χ1) is 7.78. The van der Waals surface area contributed by atoms with Gasteiger partial charge in [-0.05, 0) is 19.1 Å². The molecule has 1 aliphatic heterocycles. The van der Waals surface area contributed by atoms with E-state index in [0.717, 1.165) is 18.9 Å². The third-order valence-corrected chi connectivity index (χ3v) is 3.23. The molecule has 0 radical (unpaired) electrons. The number of aromatic nitrogens is 2. The maximum Gasteiger partial charge on any atom is 0.190 e. The van der Waals surface area contributed by atoms with Crippen LogP contribution in [0.1, 0.15) is 19.3 Å². The highest BCUT2D eigenvalue weighted by atomic mass is 35.5. The van der Waals surface area contributed by atoms with E-state index in [2.05, 4.69) is 20.4 Å². The number of hydrogen-bond acceptors (Lipinski definition) is 5. The summed E-state index contributed by atoms with van der Waals surface area (Å²) in [6.45, 7) is 2.13. The number of nitrogens with one attached hydrogen (secondary N) is 1. The van der Waals surface area contributed by atoms with Crippen LogP contribution >= 0.6 is 23.4 Å². The molecule has 0 aromatic carbocycles. The van der Waals surface area contributed by atoms with E-state index in [1.165, 1.54) is 31.0 Å². The molecule has 2 rings (SSSR count). The monoisotopic (exact) mass is 258 g/mol. The summed E-state index contributed by atoms with van der Waals surface area (Å²) >= 11 is 7.42. The number of thioether (sulfide) groups is 1. The van der Waals surface area contributed by atoms with Gasteiger partial charge >= 0.3 is 0 Å². The third-order valence-electron chi connectivity index (χ3n) is 2.49. The number of anilines is 1. The van der Waals surface area contributed by atoms with Gasteiger partial charge in [0, 0.05) is 19.2 Å². The molecule has 1 N–H and O–H groups in total. The summed E-state index contributed by atoms with van der Waals surface area (Å²) in [5.41, 5.74) is 3.28. The summed E-state index contributed by atoms with van der Waals surface area (Å²) in [7, 11) is 0. The zero-order valence-electron chi connectivity index (χ0n) is 9.24. The van der Waals surface area contributed by atoms with Gasteiger partial charge in [-0.3, -0.25) is 0 Å². The van der Waals surface area contributed by atoms with Crippen LogP contribution in [0.2, 0.25) is 5.15 Å². The van der Waals surface area contributed by atoms with Crippen LogP contribution in [0.3, 0.4) is 0 Å². The molecular formula is C10H15ClN4S.